The van der Waals surface area contributed by atoms with E-state index in [-0.39, 0.29) is 5.91 Å². The minimum absolute atomic E-state index is 0.256. The fourth-order valence-electron chi connectivity index (χ4n) is 5.68. The lowest BCUT2D eigenvalue weighted by molar-refractivity contribution is 0.0332. The Morgan fingerprint density at radius 1 is 1.00 bits per heavy atom. The number of amides is 1. The Balaban J connectivity index is 1.31. The molecule has 1 amide bonds. The Bertz CT molecular complexity index is 679. The molecular weight excluding hydrogens is 362 g/mol. The molecular formula is C24H39N3O2. The van der Waals surface area contributed by atoms with Gasteiger partial charge in [-0.2, -0.15) is 0 Å². The van der Waals surface area contributed by atoms with Crippen molar-refractivity contribution >= 4 is 5.91 Å². The first-order chi connectivity index (χ1) is 14.1. The van der Waals surface area contributed by atoms with Crippen molar-refractivity contribution in [1.82, 2.24) is 14.4 Å². The minimum Gasteiger partial charge on any atom is -0.379 e. The summed E-state index contributed by atoms with van der Waals surface area (Å²) >= 11 is 0. The highest BCUT2D eigenvalue weighted by atomic mass is 16.5. The van der Waals surface area contributed by atoms with Crippen molar-refractivity contribution in [1.29, 1.82) is 0 Å². The molecule has 29 heavy (non-hydrogen) atoms. The Hall–Kier alpha value is -1.33. The summed E-state index contributed by atoms with van der Waals surface area (Å²) in [5.74, 6) is 1.02. The van der Waals surface area contributed by atoms with Gasteiger partial charge in [-0.25, -0.2) is 0 Å². The van der Waals surface area contributed by atoms with Crippen LogP contribution in [0.15, 0.2) is 6.07 Å². The SMILES string of the molecule is Cc1cc(C(=O)N2CCC(CCN3CCOCC3)CC2)c(C)n1C1CCCCC1. The zero-order valence-corrected chi connectivity index (χ0v) is 18.5. The van der Waals surface area contributed by atoms with Crippen molar-refractivity contribution in [2.45, 2.75) is 71.3 Å². The van der Waals surface area contributed by atoms with E-state index >= 15 is 0 Å². The number of hydrogen-bond donors (Lipinski definition) is 0. The molecule has 0 spiro atoms. The molecule has 5 nitrogen and oxygen atoms in total. The summed E-state index contributed by atoms with van der Waals surface area (Å²) in [6, 6.07) is 2.74. The van der Waals surface area contributed by atoms with E-state index in [9.17, 15) is 4.79 Å². The van der Waals surface area contributed by atoms with E-state index in [4.69, 9.17) is 4.74 Å². The molecule has 4 rings (SSSR count). The Labute approximate surface area is 176 Å². The van der Waals surface area contributed by atoms with Crippen molar-refractivity contribution in [3.05, 3.63) is 23.0 Å². The van der Waals surface area contributed by atoms with Crippen molar-refractivity contribution in [2.24, 2.45) is 5.92 Å². The van der Waals surface area contributed by atoms with Gasteiger partial charge in [0.15, 0.2) is 0 Å². The van der Waals surface area contributed by atoms with E-state index in [1.54, 1.807) is 0 Å². The third kappa shape index (κ3) is 4.88. The van der Waals surface area contributed by atoms with Gasteiger partial charge in [0.2, 0.25) is 0 Å². The topological polar surface area (TPSA) is 37.7 Å². The first kappa shape index (κ1) is 20.9. The summed E-state index contributed by atoms with van der Waals surface area (Å²) in [6.07, 6.45) is 10.1. The van der Waals surface area contributed by atoms with Gasteiger partial charge in [-0.15, -0.1) is 0 Å². The molecule has 0 aromatic carbocycles. The first-order valence-corrected chi connectivity index (χ1v) is 11.9. The molecule has 2 saturated heterocycles. The molecule has 2 aliphatic heterocycles. The van der Waals surface area contributed by atoms with Crippen LogP contribution in [0.25, 0.3) is 0 Å². The van der Waals surface area contributed by atoms with Gasteiger partial charge in [0, 0.05) is 43.6 Å². The molecule has 162 valence electrons. The molecule has 0 N–H and O–H groups in total. The van der Waals surface area contributed by atoms with E-state index in [1.165, 1.54) is 56.5 Å². The average molecular weight is 402 g/mol. The molecule has 3 fully saturated rings. The molecule has 3 heterocycles. The molecule has 1 aromatic rings. The van der Waals surface area contributed by atoms with Crippen molar-refractivity contribution in [3.63, 3.8) is 0 Å². The van der Waals surface area contributed by atoms with Crippen LogP contribution >= 0.6 is 0 Å². The molecule has 0 bridgehead atoms. The lowest BCUT2D eigenvalue weighted by atomic mass is 9.93. The minimum atomic E-state index is 0.256. The molecule has 0 unspecified atom stereocenters. The largest absolute Gasteiger partial charge is 0.379 e. The smallest absolute Gasteiger partial charge is 0.255 e. The van der Waals surface area contributed by atoms with E-state index in [1.807, 2.05) is 0 Å². The third-order valence-electron chi connectivity index (χ3n) is 7.51. The van der Waals surface area contributed by atoms with Gasteiger partial charge in [-0.05, 0) is 64.5 Å². The van der Waals surface area contributed by atoms with Gasteiger partial charge in [0.05, 0.1) is 18.8 Å². The second-order valence-electron chi connectivity index (χ2n) is 9.42. The second kappa shape index (κ2) is 9.65. The number of carbonyl (C=O) groups is 1. The second-order valence-corrected chi connectivity index (χ2v) is 9.42. The quantitative estimate of drug-likeness (QED) is 0.743. The number of piperidine rings is 1. The Morgan fingerprint density at radius 2 is 1.69 bits per heavy atom. The van der Waals surface area contributed by atoms with Crippen LogP contribution in [0.1, 0.15) is 79.2 Å². The molecule has 1 aliphatic carbocycles. The number of carbonyl (C=O) groups excluding carboxylic acids is 1. The highest BCUT2D eigenvalue weighted by molar-refractivity contribution is 5.95. The predicted molar refractivity (Wildman–Crippen MR) is 117 cm³/mol. The van der Waals surface area contributed by atoms with Gasteiger partial charge in [0.1, 0.15) is 0 Å². The van der Waals surface area contributed by atoms with E-state index in [0.717, 1.165) is 63.7 Å². The van der Waals surface area contributed by atoms with Crippen LogP contribution in [0.3, 0.4) is 0 Å². The number of rotatable bonds is 5. The van der Waals surface area contributed by atoms with Crippen LogP contribution in [0.2, 0.25) is 0 Å². The Kier molecular flexibility index (Phi) is 6.96. The van der Waals surface area contributed by atoms with Crippen molar-refractivity contribution in [2.75, 3.05) is 45.9 Å². The predicted octanol–water partition coefficient (Wildman–Crippen LogP) is 4.18. The maximum atomic E-state index is 13.3. The van der Waals surface area contributed by atoms with Gasteiger partial charge >= 0.3 is 0 Å². The molecule has 1 aromatic heterocycles. The van der Waals surface area contributed by atoms with Gasteiger partial charge in [-0.1, -0.05) is 19.3 Å². The van der Waals surface area contributed by atoms with Gasteiger partial charge in [-0.3, -0.25) is 9.69 Å². The zero-order valence-electron chi connectivity index (χ0n) is 18.5. The maximum Gasteiger partial charge on any atom is 0.255 e. The third-order valence-corrected chi connectivity index (χ3v) is 7.51. The van der Waals surface area contributed by atoms with Crippen LogP contribution in [0, 0.1) is 19.8 Å². The number of aryl methyl sites for hydroxylation is 1. The lowest BCUT2D eigenvalue weighted by Crippen LogP contribution is -2.41. The maximum absolute atomic E-state index is 13.3. The van der Waals surface area contributed by atoms with Crippen LogP contribution in [0.4, 0.5) is 0 Å². The molecule has 3 aliphatic rings. The number of nitrogens with zero attached hydrogens (tertiary/aromatic N) is 3. The van der Waals surface area contributed by atoms with Crippen LogP contribution in [-0.4, -0.2) is 66.2 Å². The van der Waals surface area contributed by atoms with Crippen molar-refractivity contribution in [3.8, 4) is 0 Å². The molecule has 0 atom stereocenters. The van der Waals surface area contributed by atoms with E-state index in [2.05, 4.69) is 34.3 Å². The summed E-state index contributed by atoms with van der Waals surface area (Å²) in [5, 5.41) is 0. The number of aromatic nitrogens is 1. The summed E-state index contributed by atoms with van der Waals surface area (Å²) in [4.78, 5) is 17.9. The van der Waals surface area contributed by atoms with E-state index < -0.39 is 0 Å². The van der Waals surface area contributed by atoms with Crippen LogP contribution in [-0.2, 0) is 4.74 Å². The number of ether oxygens (including phenoxy) is 1. The summed E-state index contributed by atoms with van der Waals surface area (Å²) in [5.41, 5.74) is 3.40. The summed E-state index contributed by atoms with van der Waals surface area (Å²) < 4.78 is 7.90. The van der Waals surface area contributed by atoms with Gasteiger partial charge in [0.25, 0.3) is 5.91 Å². The normalized spacial score (nSPS) is 22.9. The monoisotopic (exact) mass is 401 g/mol. The summed E-state index contributed by atoms with van der Waals surface area (Å²) in [7, 11) is 0. The fourth-order valence-corrected chi connectivity index (χ4v) is 5.68. The molecule has 1 saturated carbocycles. The van der Waals surface area contributed by atoms with Crippen molar-refractivity contribution < 1.29 is 9.53 Å². The fraction of sp³-hybridized carbons (Fsp3) is 0.792. The molecule has 0 radical (unpaired) electrons. The number of likely N-dealkylation sites (tertiary alicyclic amines) is 1. The standard InChI is InChI=1S/C24H39N3O2/c1-19-18-23(20(2)27(19)22-6-4-3-5-7-22)24(28)26-12-9-21(10-13-26)8-11-25-14-16-29-17-15-25/h18,21-22H,3-17H2,1-2H3. The zero-order chi connectivity index (χ0) is 20.2. The Morgan fingerprint density at radius 3 is 2.38 bits per heavy atom. The highest BCUT2D eigenvalue weighted by Crippen LogP contribution is 2.33. The molecule has 5 heteroatoms. The number of morpholine rings is 1. The van der Waals surface area contributed by atoms with Crippen LogP contribution in [0.5, 0.6) is 0 Å². The first-order valence-electron chi connectivity index (χ1n) is 11.9. The van der Waals surface area contributed by atoms with Gasteiger partial charge < -0.3 is 14.2 Å². The summed E-state index contributed by atoms with van der Waals surface area (Å²) in [6.45, 7) is 11.3. The lowest BCUT2D eigenvalue weighted by Gasteiger charge is -2.34. The highest BCUT2D eigenvalue weighted by Gasteiger charge is 2.28. The van der Waals surface area contributed by atoms with E-state index in [0.29, 0.717) is 6.04 Å². The average Bonchev–Trinajstić information content (AvgIpc) is 3.07. The van der Waals surface area contributed by atoms with Crippen LogP contribution < -0.4 is 0 Å². The number of hydrogen-bond acceptors (Lipinski definition) is 3.